The lowest BCUT2D eigenvalue weighted by atomic mass is 10.1. The van der Waals surface area contributed by atoms with Gasteiger partial charge in [0.2, 0.25) is 0 Å². The number of aryl methyl sites for hydroxylation is 2. The van der Waals surface area contributed by atoms with Crippen LogP contribution in [0.15, 0.2) is 47.4 Å². The van der Waals surface area contributed by atoms with E-state index in [1.807, 2.05) is 6.92 Å². The normalized spacial score (nSPS) is 15.2. The third-order valence-corrected chi connectivity index (χ3v) is 5.93. The molecule has 120 valence electrons. The number of benzene rings is 2. The third-order valence-electron chi connectivity index (χ3n) is 3.92. The Kier molecular flexibility index (Phi) is 4.17. The largest absolute Gasteiger partial charge is 0.298 e. The van der Waals surface area contributed by atoms with Crippen molar-refractivity contribution in [3.63, 3.8) is 0 Å². The highest BCUT2D eigenvalue weighted by Gasteiger charge is 2.30. The van der Waals surface area contributed by atoms with Gasteiger partial charge in [0.05, 0.1) is 17.1 Å². The molecular formula is C17H16ClNO3S. The molecule has 0 radical (unpaired) electrons. The van der Waals surface area contributed by atoms with E-state index in [1.165, 1.54) is 4.31 Å². The fourth-order valence-electron chi connectivity index (χ4n) is 2.63. The van der Waals surface area contributed by atoms with Crippen LogP contribution in [0.5, 0.6) is 0 Å². The molecule has 23 heavy (non-hydrogen) atoms. The Bertz CT molecular complexity index is 860. The average molecular weight is 350 g/mol. The van der Waals surface area contributed by atoms with Crippen LogP contribution in [0, 0.1) is 6.92 Å². The van der Waals surface area contributed by atoms with E-state index in [0.717, 1.165) is 11.1 Å². The van der Waals surface area contributed by atoms with Gasteiger partial charge in [0.15, 0.2) is 5.78 Å². The number of Topliss-reactive ketones (excluding diaryl/α,β-unsaturated/α-hetero) is 1. The van der Waals surface area contributed by atoms with Gasteiger partial charge in [-0.25, -0.2) is 8.42 Å². The number of sulfonamides is 1. The highest BCUT2D eigenvalue weighted by molar-refractivity contribution is 7.92. The van der Waals surface area contributed by atoms with E-state index in [2.05, 4.69) is 0 Å². The highest BCUT2D eigenvalue weighted by Crippen LogP contribution is 2.32. The van der Waals surface area contributed by atoms with Crippen molar-refractivity contribution in [2.24, 2.45) is 0 Å². The fraction of sp³-hybridized carbons (Fsp3) is 0.235. The lowest BCUT2D eigenvalue weighted by molar-refractivity contribution is -0.117. The first-order valence-electron chi connectivity index (χ1n) is 7.27. The molecule has 0 fully saturated rings. The predicted molar refractivity (Wildman–Crippen MR) is 90.5 cm³/mol. The summed E-state index contributed by atoms with van der Waals surface area (Å²) in [5.74, 6) is -0.104. The fourth-order valence-corrected chi connectivity index (χ4v) is 4.27. The summed E-state index contributed by atoms with van der Waals surface area (Å²) >= 11 is 6.04. The Hall–Kier alpha value is -1.85. The van der Waals surface area contributed by atoms with Gasteiger partial charge in [-0.05, 0) is 43.2 Å². The molecule has 0 saturated heterocycles. The standard InChI is InChI=1S/C17H16ClNO3S/c1-12-2-8-16(9-3-12)23(21,22)19-11-15(20)7-5-13-4-6-14(18)10-17(13)19/h2-4,6,8-10H,5,7,11H2,1H3. The van der Waals surface area contributed by atoms with Gasteiger partial charge in [-0.15, -0.1) is 0 Å². The van der Waals surface area contributed by atoms with E-state index in [9.17, 15) is 13.2 Å². The van der Waals surface area contributed by atoms with Crippen molar-refractivity contribution in [3.8, 4) is 0 Å². The van der Waals surface area contributed by atoms with Gasteiger partial charge in [-0.1, -0.05) is 35.4 Å². The Labute approximate surface area is 140 Å². The van der Waals surface area contributed by atoms with Crippen molar-refractivity contribution >= 4 is 33.1 Å². The Morgan fingerprint density at radius 2 is 1.74 bits per heavy atom. The van der Waals surface area contributed by atoms with Gasteiger partial charge in [0.25, 0.3) is 10.0 Å². The topological polar surface area (TPSA) is 54.5 Å². The number of hydrogen-bond acceptors (Lipinski definition) is 3. The van der Waals surface area contributed by atoms with Crippen LogP contribution in [-0.2, 0) is 21.2 Å². The molecule has 2 aromatic carbocycles. The first-order chi connectivity index (χ1) is 10.9. The minimum Gasteiger partial charge on any atom is -0.298 e. The van der Waals surface area contributed by atoms with Crippen molar-refractivity contribution in [1.29, 1.82) is 0 Å². The summed E-state index contributed by atoms with van der Waals surface area (Å²) in [6.45, 7) is 1.73. The molecule has 0 unspecified atom stereocenters. The smallest absolute Gasteiger partial charge is 0.264 e. The molecule has 1 aliphatic heterocycles. The number of anilines is 1. The second-order valence-corrected chi connectivity index (χ2v) is 7.94. The molecule has 0 aromatic heterocycles. The van der Waals surface area contributed by atoms with Crippen LogP contribution < -0.4 is 4.31 Å². The first kappa shape index (κ1) is 16.0. The summed E-state index contributed by atoms with van der Waals surface area (Å²) in [7, 11) is -3.81. The van der Waals surface area contributed by atoms with E-state index in [4.69, 9.17) is 11.6 Å². The maximum Gasteiger partial charge on any atom is 0.264 e. The number of rotatable bonds is 2. The lowest BCUT2D eigenvalue weighted by Gasteiger charge is -2.24. The van der Waals surface area contributed by atoms with Crippen LogP contribution in [0.25, 0.3) is 0 Å². The highest BCUT2D eigenvalue weighted by atomic mass is 35.5. The second-order valence-electron chi connectivity index (χ2n) is 5.64. The minimum absolute atomic E-state index is 0.104. The Balaban J connectivity index is 2.15. The van der Waals surface area contributed by atoms with Crippen LogP contribution in [0.3, 0.4) is 0 Å². The summed E-state index contributed by atoms with van der Waals surface area (Å²) < 4.78 is 27.2. The molecule has 0 saturated carbocycles. The quantitative estimate of drug-likeness (QED) is 0.835. The van der Waals surface area contributed by atoms with Crippen LogP contribution in [-0.4, -0.2) is 20.7 Å². The number of ketones is 1. The van der Waals surface area contributed by atoms with Gasteiger partial charge in [0, 0.05) is 11.4 Å². The number of fused-ring (bicyclic) bond motifs is 1. The first-order valence-corrected chi connectivity index (χ1v) is 9.09. The van der Waals surface area contributed by atoms with Crippen LogP contribution in [0.1, 0.15) is 17.5 Å². The number of carbonyl (C=O) groups excluding carboxylic acids is 1. The molecule has 1 heterocycles. The zero-order valence-corrected chi connectivity index (χ0v) is 14.2. The second kappa shape index (κ2) is 5.98. The summed E-state index contributed by atoms with van der Waals surface area (Å²) in [6.07, 6.45) is 0.847. The van der Waals surface area contributed by atoms with Crippen molar-refractivity contribution in [1.82, 2.24) is 0 Å². The van der Waals surface area contributed by atoms with Gasteiger partial charge < -0.3 is 0 Å². The summed E-state index contributed by atoms with van der Waals surface area (Å²) in [5, 5.41) is 0.446. The maximum atomic E-state index is 13.0. The van der Waals surface area contributed by atoms with E-state index in [-0.39, 0.29) is 17.2 Å². The van der Waals surface area contributed by atoms with E-state index >= 15 is 0 Å². The van der Waals surface area contributed by atoms with Crippen LogP contribution in [0.2, 0.25) is 5.02 Å². The molecule has 0 aliphatic carbocycles. The maximum absolute atomic E-state index is 13.0. The van der Waals surface area contributed by atoms with Crippen LogP contribution in [0.4, 0.5) is 5.69 Å². The molecule has 0 bridgehead atoms. The molecule has 2 aromatic rings. The van der Waals surface area contributed by atoms with Gasteiger partial charge in [0.1, 0.15) is 0 Å². The SMILES string of the molecule is Cc1ccc(S(=O)(=O)N2CC(=O)CCc3ccc(Cl)cc32)cc1. The van der Waals surface area contributed by atoms with E-state index in [1.54, 1.807) is 42.5 Å². The zero-order valence-electron chi connectivity index (χ0n) is 12.6. The monoisotopic (exact) mass is 349 g/mol. The van der Waals surface area contributed by atoms with Crippen molar-refractivity contribution < 1.29 is 13.2 Å². The molecule has 3 rings (SSSR count). The minimum atomic E-state index is -3.81. The summed E-state index contributed by atoms with van der Waals surface area (Å²) in [6, 6.07) is 11.7. The predicted octanol–water partition coefficient (Wildman–Crippen LogP) is 3.36. The molecule has 0 spiro atoms. The van der Waals surface area contributed by atoms with Crippen molar-refractivity contribution in [2.45, 2.75) is 24.7 Å². The van der Waals surface area contributed by atoms with Crippen molar-refractivity contribution in [2.75, 3.05) is 10.8 Å². The number of carbonyl (C=O) groups is 1. The number of halogens is 1. The van der Waals surface area contributed by atoms with E-state index in [0.29, 0.717) is 23.6 Å². The van der Waals surface area contributed by atoms with Crippen LogP contribution >= 0.6 is 11.6 Å². The molecular weight excluding hydrogens is 334 g/mol. The molecule has 4 nitrogen and oxygen atoms in total. The summed E-state index contributed by atoms with van der Waals surface area (Å²) in [5.41, 5.74) is 2.28. The lowest BCUT2D eigenvalue weighted by Crippen LogP contribution is -2.35. The summed E-state index contributed by atoms with van der Waals surface area (Å²) in [4.78, 5) is 12.2. The van der Waals surface area contributed by atoms with Crippen molar-refractivity contribution in [3.05, 3.63) is 58.6 Å². The van der Waals surface area contributed by atoms with Gasteiger partial charge in [-0.3, -0.25) is 9.10 Å². The molecule has 0 amide bonds. The average Bonchev–Trinajstić information content (AvgIpc) is 2.67. The molecule has 0 N–H and O–H groups in total. The Morgan fingerprint density at radius 3 is 2.43 bits per heavy atom. The van der Waals surface area contributed by atoms with Gasteiger partial charge >= 0.3 is 0 Å². The Morgan fingerprint density at radius 1 is 1.04 bits per heavy atom. The molecule has 6 heteroatoms. The molecule has 1 aliphatic rings. The number of hydrogen-bond donors (Lipinski definition) is 0. The third kappa shape index (κ3) is 3.12. The van der Waals surface area contributed by atoms with Gasteiger partial charge in [-0.2, -0.15) is 0 Å². The zero-order chi connectivity index (χ0) is 16.6. The van der Waals surface area contributed by atoms with E-state index < -0.39 is 10.0 Å². The number of nitrogens with zero attached hydrogens (tertiary/aromatic N) is 1. The molecule has 0 atom stereocenters.